The summed E-state index contributed by atoms with van der Waals surface area (Å²) in [6.07, 6.45) is 61.3. The minimum Gasteiger partial charge on any atom is -0.391 e. The Kier molecular flexibility index (Phi) is 48.7. The Bertz CT molecular complexity index is 1080. The van der Waals surface area contributed by atoms with E-state index < -0.39 is 20.0 Å². The van der Waals surface area contributed by atoms with Gasteiger partial charge in [-0.2, -0.15) is 0 Å². The minimum absolute atomic E-state index is 0.0759. The zero-order valence-corrected chi connectivity index (χ0v) is 45.9. The summed E-state index contributed by atoms with van der Waals surface area (Å²) in [5, 5.41) is 13.6. The van der Waals surface area contributed by atoms with Gasteiger partial charge in [0.05, 0.1) is 39.9 Å². The Balaban J connectivity index is 3.53. The van der Waals surface area contributed by atoms with Crippen molar-refractivity contribution in [1.29, 1.82) is 0 Å². The van der Waals surface area contributed by atoms with Gasteiger partial charge in [0.15, 0.2) is 0 Å². The van der Waals surface area contributed by atoms with Gasteiger partial charge >= 0.3 is 7.82 Å². The molecule has 0 fully saturated rings. The molecule has 0 saturated carbocycles. The van der Waals surface area contributed by atoms with E-state index in [0.717, 1.165) is 38.5 Å². The number of carbonyl (C=O) groups excluding carboxylic acids is 1. The maximum atomic E-state index is 12.7. The van der Waals surface area contributed by atoms with Gasteiger partial charge in [0.2, 0.25) is 5.91 Å². The van der Waals surface area contributed by atoms with Crippen molar-refractivity contribution in [3.63, 3.8) is 0 Å². The lowest BCUT2D eigenvalue weighted by Crippen LogP contribution is -2.46. The Morgan fingerprint density at radius 3 is 1.17 bits per heavy atom. The fraction of sp³-hybridized carbons (Fsp3) is 0.947. The van der Waals surface area contributed by atoms with Gasteiger partial charge in [0, 0.05) is 6.42 Å². The van der Waals surface area contributed by atoms with Crippen molar-refractivity contribution in [2.75, 3.05) is 40.9 Å². The highest BCUT2D eigenvalue weighted by molar-refractivity contribution is 7.47. The molecule has 0 aromatic carbocycles. The first-order chi connectivity index (χ1) is 32.0. The molecule has 1 amide bonds. The van der Waals surface area contributed by atoms with Gasteiger partial charge in [0.1, 0.15) is 13.2 Å². The van der Waals surface area contributed by atoms with Gasteiger partial charge in [0.25, 0.3) is 0 Å². The van der Waals surface area contributed by atoms with E-state index in [9.17, 15) is 19.4 Å². The van der Waals surface area contributed by atoms with Gasteiger partial charge in [-0.05, 0) is 38.5 Å². The number of hydrogen-bond acceptors (Lipinski definition) is 5. The largest absolute Gasteiger partial charge is 0.472 e. The predicted molar refractivity (Wildman–Crippen MR) is 286 cm³/mol. The molecule has 0 heterocycles. The number of nitrogens with zero attached hydrogens (tertiary/aromatic N) is 1. The van der Waals surface area contributed by atoms with Crippen LogP contribution in [0.4, 0.5) is 0 Å². The third-order valence-electron chi connectivity index (χ3n) is 13.5. The number of likely N-dealkylation sites (N-methyl/N-ethyl adjacent to an activating group) is 1. The van der Waals surface area contributed by atoms with Crippen molar-refractivity contribution in [2.45, 2.75) is 309 Å². The van der Waals surface area contributed by atoms with Crippen LogP contribution in [0.5, 0.6) is 0 Å². The highest BCUT2D eigenvalue weighted by Crippen LogP contribution is 2.43. The molecule has 3 atom stereocenters. The molecule has 0 saturated heterocycles. The summed E-state index contributed by atoms with van der Waals surface area (Å²) in [7, 11) is 1.62. The number of carbonyl (C=O) groups is 1. The molecule has 394 valence electrons. The minimum atomic E-state index is -4.29. The number of quaternary nitrogens is 1. The monoisotopic (exact) mass is 956 g/mol. The molecule has 0 aliphatic heterocycles. The van der Waals surface area contributed by atoms with Crippen LogP contribution in [0.2, 0.25) is 0 Å². The Morgan fingerprint density at radius 2 is 0.818 bits per heavy atom. The quantitative estimate of drug-likeness (QED) is 0.0243. The number of phosphoric acid groups is 1. The van der Waals surface area contributed by atoms with Gasteiger partial charge in [-0.3, -0.25) is 13.8 Å². The van der Waals surface area contributed by atoms with Crippen molar-refractivity contribution < 1.29 is 32.9 Å². The van der Waals surface area contributed by atoms with Crippen molar-refractivity contribution >= 4 is 13.7 Å². The van der Waals surface area contributed by atoms with Crippen LogP contribution in [-0.4, -0.2) is 73.4 Å². The zero-order valence-electron chi connectivity index (χ0n) is 45.0. The Morgan fingerprint density at radius 1 is 0.500 bits per heavy atom. The van der Waals surface area contributed by atoms with E-state index in [1.165, 1.54) is 231 Å². The molecule has 0 aromatic rings. The summed E-state index contributed by atoms with van der Waals surface area (Å²) >= 11 is 0. The molecule has 0 bridgehead atoms. The number of phosphoric ester groups is 1. The molecule has 0 rings (SSSR count). The molecule has 0 spiro atoms. The number of aliphatic hydroxyl groups excluding tert-OH is 1. The topological polar surface area (TPSA) is 105 Å². The van der Waals surface area contributed by atoms with E-state index in [0.29, 0.717) is 23.9 Å². The highest BCUT2D eigenvalue weighted by atomic mass is 31.2. The maximum absolute atomic E-state index is 12.7. The zero-order chi connectivity index (χ0) is 48.5. The molecule has 0 aliphatic carbocycles. The van der Waals surface area contributed by atoms with E-state index in [1.54, 1.807) is 0 Å². The number of amides is 1. The predicted octanol–water partition coefficient (Wildman–Crippen LogP) is 17.4. The molecule has 8 nitrogen and oxygen atoms in total. The average molecular weight is 957 g/mol. The van der Waals surface area contributed by atoms with E-state index in [1.807, 2.05) is 21.1 Å². The van der Waals surface area contributed by atoms with E-state index in [4.69, 9.17) is 9.05 Å². The number of aliphatic hydroxyl groups is 1. The van der Waals surface area contributed by atoms with Crippen molar-refractivity contribution in [3.8, 4) is 0 Å². The molecule has 66 heavy (non-hydrogen) atoms. The summed E-state index contributed by atoms with van der Waals surface area (Å²) in [4.78, 5) is 22.9. The van der Waals surface area contributed by atoms with Gasteiger partial charge in [-0.15, -0.1) is 0 Å². The highest BCUT2D eigenvalue weighted by Gasteiger charge is 2.28. The number of nitrogens with one attached hydrogen (secondary N) is 1. The SMILES string of the molecule is CCCCCCCCCC/C=C\CCCCCCCCCCCCCCCCCCCCCCCCCCCCCCCC(=O)NC(COP(=O)(O)OCC[N+](C)(C)C)C(O)CCCCC. The number of allylic oxidation sites excluding steroid dienone is 2. The van der Waals surface area contributed by atoms with E-state index in [2.05, 4.69) is 31.3 Å². The standard InChI is InChI=1S/C57H115N2O6P/c1-6-8-10-11-12-13-14-15-16-17-18-19-20-21-22-23-24-25-26-27-28-29-30-31-32-33-34-35-36-37-38-39-40-41-42-43-44-45-46-47-49-51-57(61)58-55(56(60)50-48-9-7-2)54-65-66(62,63)64-53-52-59(3,4)5/h17-18,55-56,60H,6-16,19-54H2,1-5H3,(H-,58,61,62,63)/p+1/b18-17-. The average Bonchev–Trinajstić information content (AvgIpc) is 3.27. The summed E-state index contributed by atoms with van der Waals surface area (Å²) < 4.78 is 23.4. The smallest absolute Gasteiger partial charge is 0.391 e. The first-order valence-corrected chi connectivity index (χ1v) is 30.5. The van der Waals surface area contributed by atoms with Crippen LogP contribution < -0.4 is 5.32 Å². The second-order valence-corrected chi connectivity index (χ2v) is 22.8. The second kappa shape index (κ2) is 49.2. The number of hydrogen-bond donors (Lipinski definition) is 3. The van der Waals surface area contributed by atoms with Crippen molar-refractivity contribution in [1.82, 2.24) is 5.32 Å². The van der Waals surface area contributed by atoms with Crippen LogP contribution in [0, 0.1) is 0 Å². The fourth-order valence-corrected chi connectivity index (χ4v) is 9.66. The molecule has 0 aliphatic rings. The Labute approximate surface area is 412 Å². The molecule has 0 radical (unpaired) electrons. The molecular formula is C57H116N2O6P+. The van der Waals surface area contributed by atoms with Crippen LogP contribution >= 0.6 is 7.82 Å². The van der Waals surface area contributed by atoms with E-state index >= 15 is 0 Å². The maximum Gasteiger partial charge on any atom is 0.472 e. The van der Waals surface area contributed by atoms with Gasteiger partial charge < -0.3 is 19.8 Å². The molecule has 0 aromatic heterocycles. The van der Waals surface area contributed by atoms with Gasteiger partial charge in [-0.1, -0.05) is 264 Å². The third-order valence-corrected chi connectivity index (χ3v) is 14.5. The first kappa shape index (κ1) is 65.2. The number of rotatable bonds is 54. The van der Waals surface area contributed by atoms with Crippen LogP contribution in [-0.2, 0) is 18.4 Å². The van der Waals surface area contributed by atoms with Crippen molar-refractivity contribution in [3.05, 3.63) is 12.2 Å². The second-order valence-electron chi connectivity index (χ2n) is 21.4. The fourth-order valence-electron chi connectivity index (χ4n) is 8.93. The van der Waals surface area contributed by atoms with Crippen LogP contribution in [0.3, 0.4) is 0 Å². The number of unbranched alkanes of at least 4 members (excludes halogenated alkanes) is 39. The third kappa shape index (κ3) is 51.1. The lowest BCUT2D eigenvalue weighted by atomic mass is 10.0. The molecule has 3 N–H and O–H groups in total. The summed E-state index contributed by atoms with van der Waals surface area (Å²) in [6.45, 7) is 4.75. The Hall–Kier alpha value is -0.760. The summed E-state index contributed by atoms with van der Waals surface area (Å²) in [5.41, 5.74) is 0. The van der Waals surface area contributed by atoms with Crippen LogP contribution in [0.15, 0.2) is 12.2 Å². The molecule has 3 unspecified atom stereocenters. The van der Waals surface area contributed by atoms with Crippen LogP contribution in [0.25, 0.3) is 0 Å². The van der Waals surface area contributed by atoms with Crippen LogP contribution in [0.1, 0.15) is 296 Å². The lowest BCUT2D eigenvalue weighted by molar-refractivity contribution is -0.870. The van der Waals surface area contributed by atoms with Gasteiger partial charge in [-0.25, -0.2) is 4.57 Å². The summed E-state index contributed by atoms with van der Waals surface area (Å²) in [5.74, 6) is -0.150. The normalized spacial score (nSPS) is 14.0. The van der Waals surface area contributed by atoms with Crippen molar-refractivity contribution in [2.24, 2.45) is 0 Å². The molecular weight excluding hydrogens is 840 g/mol. The first-order valence-electron chi connectivity index (χ1n) is 29.1. The summed E-state index contributed by atoms with van der Waals surface area (Å²) in [6, 6.07) is -0.751. The lowest BCUT2D eigenvalue weighted by Gasteiger charge is -2.26. The van der Waals surface area contributed by atoms with E-state index in [-0.39, 0.29) is 19.1 Å². The molecule has 9 heteroatoms.